The molecule has 1 aromatic rings. The minimum Gasteiger partial charge on any atom is -0.461 e. The van der Waals surface area contributed by atoms with Gasteiger partial charge >= 0.3 is 5.97 Å². The Balaban J connectivity index is 1.80. The van der Waals surface area contributed by atoms with Crippen molar-refractivity contribution >= 4 is 5.97 Å². The molecule has 0 saturated heterocycles. The van der Waals surface area contributed by atoms with E-state index in [1.165, 1.54) is 77.0 Å². The molecule has 0 unspecified atom stereocenters. The van der Waals surface area contributed by atoms with Crippen LogP contribution in [0.25, 0.3) is 0 Å². The molecule has 0 fully saturated rings. The number of allylic oxidation sites excluding steroid dienone is 2. The van der Waals surface area contributed by atoms with Crippen molar-refractivity contribution in [2.24, 2.45) is 0 Å². The number of unbranched alkanes of at least 4 members (excludes halogenated alkanes) is 12. The van der Waals surface area contributed by atoms with Crippen molar-refractivity contribution < 1.29 is 9.53 Å². The van der Waals surface area contributed by atoms with Crippen LogP contribution in [0, 0.1) is 0 Å². The van der Waals surface area contributed by atoms with Crippen LogP contribution in [0.5, 0.6) is 0 Å². The zero-order valence-corrected chi connectivity index (χ0v) is 18.0. The summed E-state index contributed by atoms with van der Waals surface area (Å²) in [4.78, 5) is 15.7. The van der Waals surface area contributed by atoms with Gasteiger partial charge < -0.3 is 4.74 Å². The van der Waals surface area contributed by atoms with Gasteiger partial charge in [-0.3, -0.25) is 9.78 Å². The molecule has 3 heteroatoms. The molecule has 0 saturated carbocycles. The zero-order valence-electron chi connectivity index (χ0n) is 18.0. The maximum atomic E-state index is 11.7. The summed E-state index contributed by atoms with van der Waals surface area (Å²) in [5, 5.41) is 0. The molecule has 0 spiro atoms. The van der Waals surface area contributed by atoms with Gasteiger partial charge in [0.05, 0.1) is 0 Å². The van der Waals surface area contributed by atoms with Gasteiger partial charge in [0, 0.05) is 24.4 Å². The monoisotopic (exact) mass is 387 g/mol. The van der Waals surface area contributed by atoms with Crippen LogP contribution in [-0.4, -0.2) is 11.0 Å². The first-order chi connectivity index (χ1) is 13.8. The Morgan fingerprint density at radius 3 is 2.11 bits per heavy atom. The van der Waals surface area contributed by atoms with Gasteiger partial charge in [-0.15, -0.1) is 0 Å². The second kappa shape index (κ2) is 18.7. The van der Waals surface area contributed by atoms with E-state index < -0.39 is 0 Å². The van der Waals surface area contributed by atoms with Gasteiger partial charge in [0.15, 0.2) is 0 Å². The van der Waals surface area contributed by atoms with Gasteiger partial charge in [-0.05, 0) is 38.2 Å². The molecule has 0 N–H and O–H groups in total. The molecular formula is C25H41NO2. The highest BCUT2D eigenvalue weighted by Crippen LogP contribution is 2.11. The van der Waals surface area contributed by atoms with Crippen LogP contribution in [-0.2, 0) is 16.1 Å². The summed E-state index contributed by atoms with van der Waals surface area (Å²) in [7, 11) is 0. The Kier molecular flexibility index (Phi) is 16.3. The first-order valence-corrected chi connectivity index (χ1v) is 11.5. The Morgan fingerprint density at radius 2 is 1.50 bits per heavy atom. The van der Waals surface area contributed by atoms with Crippen molar-refractivity contribution in [2.75, 3.05) is 0 Å². The third-order valence-corrected chi connectivity index (χ3v) is 5.02. The van der Waals surface area contributed by atoms with Gasteiger partial charge in [-0.25, -0.2) is 0 Å². The minimum atomic E-state index is -0.0999. The number of aromatic nitrogens is 1. The van der Waals surface area contributed by atoms with Crippen molar-refractivity contribution in [2.45, 2.75) is 110 Å². The maximum absolute atomic E-state index is 11.7. The van der Waals surface area contributed by atoms with Gasteiger partial charge in [0.25, 0.3) is 0 Å². The average Bonchev–Trinajstić information content (AvgIpc) is 2.72. The summed E-state index contributed by atoms with van der Waals surface area (Å²) in [6.45, 7) is 2.60. The highest BCUT2D eigenvalue weighted by atomic mass is 16.5. The second-order valence-electron chi connectivity index (χ2n) is 7.71. The van der Waals surface area contributed by atoms with Gasteiger partial charge in [-0.1, -0.05) is 82.9 Å². The first kappa shape index (κ1) is 24.4. The predicted octanol–water partition coefficient (Wildman–Crippen LogP) is 7.55. The van der Waals surface area contributed by atoms with E-state index in [1.807, 2.05) is 12.1 Å². The Morgan fingerprint density at radius 1 is 0.893 bits per heavy atom. The molecule has 28 heavy (non-hydrogen) atoms. The van der Waals surface area contributed by atoms with Crippen molar-refractivity contribution in [1.82, 2.24) is 4.98 Å². The Hall–Kier alpha value is -1.64. The molecule has 0 bridgehead atoms. The largest absolute Gasteiger partial charge is 0.461 e. The highest BCUT2D eigenvalue weighted by Gasteiger charge is 2.03. The molecule has 3 nitrogen and oxygen atoms in total. The van der Waals surface area contributed by atoms with E-state index in [-0.39, 0.29) is 5.97 Å². The molecule has 1 heterocycles. The fourth-order valence-electron chi connectivity index (χ4n) is 3.24. The number of hydrogen-bond donors (Lipinski definition) is 0. The molecule has 158 valence electrons. The summed E-state index contributed by atoms with van der Waals surface area (Å²) in [6, 6.07) is 3.78. The third kappa shape index (κ3) is 15.4. The first-order valence-electron chi connectivity index (χ1n) is 11.5. The standard InChI is InChI=1S/C25H41NO2/c1-2-3-4-5-6-7-8-9-10-11-12-13-14-15-16-17-20-25(27)28-23-24-19-18-21-26-22-24/h10-11,18-19,21-22H,2-9,12-17,20,23H2,1H3/b11-10-. The summed E-state index contributed by atoms with van der Waals surface area (Å²) in [6.07, 6.45) is 26.6. The van der Waals surface area contributed by atoms with E-state index >= 15 is 0 Å². The predicted molar refractivity (Wildman–Crippen MR) is 118 cm³/mol. The lowest BCUT2D eigenvalue weighted by Gasteiger charge is -2.04. The zero-order chi connectivity index (χ0) is 20.1. The van der Waals surface area contributed by atoms with Crippen LogP contribution in [0.4, 0.5) is 0 Å². The number of ether oxygens (including phenoxy) is 1. The van der Waals surface area contributed by atoms with Crippen LogP contribution in [0.3, 0.4) is 0 Å². The number of nitrogens with zero attached hydrogens (tertiary/aromatic N) is 1. The molecule has 0 aliphatic heterocycles. The van der Waals surface area contributed by atoms with Crippen molar-refractivity contribution in [3.05, 3.63) is 42.2 Å². The molecule has 0 aromatic carbocycles. The normalized spacial score (nSPS) is 11.2. The Labute approximate surface area is 173 Å². The van der Waals surface area contributed by atoms with Crippen LogP contribution in [0.2, 0.25) is 0 Å². The van der Waals surface area contributed by atoms with Crippen molar-refractivity contribution in [3.63, 3.8) is 0 Å². The van der Waals surface area contributed by atoms with E-state index in [2.05, 4.69) is 24.1 Å². The van der Waals surface area contributed by atoms with E-state index in [0.717, 1.165) is 18.4 Å². The second-order valence-corrected chi connectivity index (χ2v) is 7.71. The lowest BCUT2D eigenvalue weighted by molar-refractivity contribution is -0.145. The van der Waals surface area contributed by atoms with Crippen LogP contribution >= 0.6 is 0 Å². The molecule has 0 radical (unpaired) electrons. The topological polar surface area (TPSA) is 39.2 Å². The van der Waals surface area contributed by atoms with E-state index in [9.17, 15) is 4.79 Å². The minimum absolute atomic E-state index is 0.0999. The lowest BCUT2D eigenvalue weighted by Crippen LogP contribution is -2.04. The van der Waals surface area contributed by atoms with Crippen molar-refractivity contribution in [3.8, 4) is 0 Å². The Bertz CT molecular complexity index is 499. The summed E-state index contributed by atoms with van der Waals surface area (Å²) < 4.78 is 5.26. The van der Waals surface area contributed by atoms with Gasteiger partial charge in [-0.2, -0.15) is 0 Å². The quantitative estimate of drug-likeness (QED) is 0.148. The van der Waals surface area contributed by atoms with Crippen LogP contribution < -0.4 is 0 Å². The highest BCUT2D eigenvalue weighted by molar-refractivity contribution is 5.69. The number of pyridine rings is 1. The molecule has 1 rings (SSSR count). The fraction of sp³-hybridized carbons (Fsp3) is 0.680. The summed E-state index contributed by atoms with van der Waals surface area (Å²) in [5.41, 5.74) is 0.941. The van der Waals surface area contributed by atoms with E-state index in [4.69, 9.17) is 4.74 Å². The smallest absolute Gasteiger partial charge is 0.306 e. The van der Waals surface area contributed by atoms with Gasteiger partial charge in [0.2, 0.25) is 0 Å². The average molecular weight is 388 g/mol. The summed E-state index contributed by atoms with van der Waals surface area (Å²) >= 11 is 0. The maximum Gasteiger partial charge on any atom is 0.306 e. The molecule has 1 aromatic heterocycles. The molecule has 0 amide bonds. The number of carbonyl (C=O) groups excluding carboxylic acids is 1. The molecule has 0 aliphatic rings. The number of hydrogen-bond acceptors (Lipinski definition) is 3. The fourth-order valence-corrected chi connectivity index (χ4v) is 3.24. The third-order valence-electron chi connectivity index (χ3n) is 5.02. The number of carbonyl (C=O) groups is 1. The van der Waals surface area contributed by atoms with Crippen molar-refractivity contribution in [1.29, 1.82) is 0 Å². The van der Waals surface area contributed by atoms with Crippen LogP contribution in [0.1, 0.15) is 109 Å². The lowest BCUT2D eigenvalue weighted by atomic mass is 10.1. The SMILES string of the molecule is CCCCCCCCC/C=C\CCCCCCCC(=O)OCc1cccnc1. The molecule has 0 aliphatic carbocycles. The van der Waals surface area contributed by atoms with E-state index in [1.54, 1.807) is 12.4 Å². The molecule has 0 atom stereocenters. The number of rotatable bonds is 18. The summed E-state index contributed by atoms with van der Waals surface area (Å²) in [5.74, 6) is -0.0999. The van der Waals surface area contributed by atoms with E-state index in [0.29, 0.717) is 13.0 Å². The number of esters is 1. The molecular weight excluding hydrogens is 346 g/mol. The van der Waals surface area contributed by atoms with Crippen LogP contribution in [0.15, 0.2) is 36.7 Å². The van der Waals surface area contributed by atoms with Gasteiger partial charge in [0.1, 0.15) is 6.61 Å².